The minimum atomic E-state index is -0.559. The topological polar surface area (TPSA) is 101 Å². The minimum Gasteiger partial charge on any atom is -0.489 e. The molecule has 0 saturated carbocycles. The number of benzene rings is 1. The van der Waals surface area contributed by atoms with Crippen LogP contribution in [0.2, 0.25) is 0 Å². The zero-order valence-electron chi connectivity index (χ0n) is 9.29. The van der Waals surface area contributed by atoms with Gasteiger partial charge in [-0.25, -0.2) is 4.63 Å². The average Bonchev–Trinajstić information content (AvgIpc) is 2.75. The van der Waals surface area contributed by atoms with Crippen LogP contribution in [0.15, 0.2) is 10.7 Å². The van der Waals surface area contributed by atoms with Crippen LogP contribution in [0.3, 0.4) is 0 Å². The number of rotatable bonds is 1. The molecule has 1 aromatic heterocycles. The molecule has 0 fully saturated rings. The smallest absolute Gasteiger partial charge is 0.346 e. The van der Waals surface area contributed by atoms with Crippen LogP contribution in [0.1, 0.15) is 12.8 Å². The van der Waals surface area contributed by atoms with E-state index in [0.717, 1.165) is 12.8 Å². The second-order valence-electron chi connectivity index (χ2n) is 3.85. The number of fused-ring (bicyclic) bond motifs is 2. The third-order valence-electron chi connectivity index (χ3n) is 2.67. The van der Waals surface area contributed by atoms with Crippen molar-refractivity contribution in [1.82, 2.24) is 10.3 Å². The first-order valence-corrected chi connectivity index (χ1v) is 5.46. The van der Waals surface area contributed by atoms with Crippen molar-refractivity contribution in [2.45, 2.75) is 12.8 Å². The number of aromatic nitrogens is 2. The van der Waals surface area contributed by atoms with Gasteiger partial charge in [-0.3, -0.25) is 10.1 Å². The van der Waals surface area contributed by atoms with E-state index in [4.69, 9.17) is 9.47 Å². The van der Waals surface area contributed by atoms with E-state index in [9.17, 15) is 10.1 Å². The van der Waals surface area contributed by atoms with E-state index in [1.807, 2.05) is 0 Å². The fourth-order valence-electron chi connectivity index (χ4n) is 1.84. The monoisotopic (exact) mass is 251 g/mol. The Kier molecular flexibility index (Phi) is 2.47. The number of nitro groups is 1. The molecule has 3 rings (SSSR count). The van der Waals surface area contributed by atoms with E-state index >= 15 is 0 Å². The molecule has 1 aliphatic rings. The molecule has 0 N–H and O–H groups in total. The van der Waals surface area contributed by atoms with Crippen molar-refractivity contribution in [2.24, 2.45) is 0 Å². The lowest BCUT2D eigenvalue weighted by atomic mass is 10.2. The van der Waals surface area contributed by atoms with Gasteiger partial charge in [-0.1, -0.05) is 0 Å². The molecular weight excluding hydrogens is 242 g/mol. The minimum absolute atomic E-state index is 0.0722. The molecule has 1 aromatic carbocycles. The van der Waals surface area contributed by atoms with Crippen molar-refractivity contribution in [3.63, 3.8) is 0 Å². The Labute approximate surface area is 101 Å². The molecule has 2 aromatic rings. The molecule has 0 amide bonds. The Morgan fingerprint density at radius 3 is 2.78 bits per heavy atom. The van der Waals surface area contributed by atoms with Gasteiger partial charge in [0.05, 0.1) is 18.1 Å². The number of ether oxygens (including phenoxy) is 2. The van der Waals surface area contributed by atoms with Gasteiger partial charge in [-0.2, -0.15) is 0 Å². The molecule has 18 heavy (non-hydrogen) atoms. The molecule has 1 aliphatic heterocycles. The van der Waals surface area contributed by atoms with Gasteiger partial charge in [0, 0.05) is 6.07 Å². The van der Waals surface area contributed by atoms with Crippen molar-refractivity contribution in [3.05, 3.63) is 16.2 Å². The predicted molar refractivity (Wildman–Crippen MR) is 58.7 cm³/mol. The molecule has 0 radical (unpaired) electrons. The lowest BCUT2D eigenvalue weighted by Crippen LogP contribution is -2.10. The Morgan fingerprint density at radius 1 is 1.22 bits per heavy atom. The van der Waals surface area contributed by atoms with Crippen LogP contribution >= 0.6 is 0 Å². The van der Waals surface area contributed by atoms with E-state index < -0.39 is 4.92 Å². The van der Waals surface area contributed by atoms with Crippen molar-refractivity contribution >= 4 is 16.7 Å². The van der Waals surface area contributed by atoms with E-state index in [0.29, 0.717) is 19.0 Å². The zero-order chi connectivity index (χ0) is 12.5. The third-order valence-corrected chi connectivity index (χ3v) is 2.67. The molecular formula is C10H9N3O5. The molecule has 0 unspecified atom stereocenters. The summed E-state index contributed by atoms with van der Waals surface area (Å²) >= 11 is 0. The summed E-state index contributed by atoms with van der Waals surface area (Å²) in [5.74, 6) is 0.410. The molecule has 0 spiro atoms. The summed E-state index contributed by atoms with van der Waals surface area (Å²) in [6.07, 6.45) is 1.62. The quantitative estimate of drug-likeness (QED) is 0.561. The van der Waals surface area contributed by atoms with E-state index in [-0.39, 0.29) is 22.5 Å². The highest BCUT2D eigenvalue weighted by molar-refractivity contribution is 5.89. The standard InChI is InChI=1S/C10H9N3O5/c14-13(15)9-8-6(11-18-12-8)5-7-10(9)17-4-2-1-3-16-7/h5H,1-4H2. The summed E-state index contributed by atoms with van der Waals surface area (Å²) < 4.78 is 15.4. The van der Waals surface area contributed by atoms with Gasteiger partial charge >= 0.3 is 5.69 Å². The van der Waals surface area contributed by atoms with Crippen LogP contribution in [0, 0.1) is 10.1 Å². The number of nitro benzene ring substituents is 1. The molecule has 0 bridgehead atoms. The molecule has 94 valence electrons. The van der Waals surface area contributed by atoms with Gasteiger partial charge in [-0.15, -0.1) is 0 Å². The normalized spacial score (nSPS) is 15.1. The number of hydrogen-bond donors (Lipinski definition) is 0. The van der Waals surface area contributed by atoms with Crippen LogP contribution in [0.4, 0.5) is 5.69 Å². The van der Waals surface area contributed by atoms with Gasteiger partial charge in [0.15, 0.2) is 5.75 Å². The first kappa shape index (κ1) is 10.8. The molecule has 0 aliphatic carbocycles. The first-order chi connectivity index (χ1) is 8.77. The maximum absolute atomic E-state index is 11.1. The van der Waals surface area contributed by atoms with Crippen molar-refractivity contribution in [3.8, 4) is 11.5 Å². The van der Waals surface area contributed by atoms with E-state index in [1.54, 1.807) is 6.07 Å². The number of hydrogen-bond acceptors (Lipinski definition) is 7. The Morgan fingerprint density at radius 2 is 2.00 bits per heavy atom. The summed E-state index contributed by atoms with van der Waals surface area (Å²) in [4.78, 5) is 10.6. The Bertz CT molecular complexity index is 609. The van der Waals surface area contributed by atoms with Crippen molar-refractivity contribution in [1.29, 1.82) is 0 Å². The average molecular weight is 251 g/mol. The van der Waals surface area contributed by atoms with Gasteiger partial charge in [-0.05, 0) is 23.2 Å². The molecule has 0 saturated heterocycles. The van der Waals surface area contributed by atoms with Crippen molar-refractivity contribution in [2.75, 3.05) is 13.2 Å². The molecule has 2 heterocycles. The van der Waals surface area contributed by atoms with Crippen molar-refractivity contribution < 1.29 is 19.0 Å². The molecule has 0 atom stereocenters. The largest absolute Gasteiger partial charge is 0.489 e. The highest BCUT2D eigenvalue weighted by atomic mass is 16.6. The predicted octanol–water partition coefficient (Wildman–Crippen LogP) is 1.68. The van der Waals surface area contributed by atoms with Crippen LogP contribution in [-0.2, 0) is 0 Å². The molecule has 8 heteroatoms. The highest BCUT2D eigenvalue weighted by Gasteiger charge is 2.29. The van der Waals surface area contributed by atoms with E-state index in [2.05, 4.69) is 14.9 Å². The van der Waals surface area contributed by atoms with Crippen LogP contribution < -0.4 is 9.47 Å². The summed E-state index contributed by atoms with van der Waals surface area (Å²) in [5.41, 5.74) is 0.0956. The maximum atomic E-state index is 11.1. The van der Waals surface area contributed by atoms with Gasteiger partial charge in [0.25, 0.3) is 0 Å². The number of nitrogens with zero attached hydrogens (tertiary/aromatic N) is 3. The summed E-state index contributed by atoms with van der Waals surface area (Å²) in [7, 11) is 0. The Balaban J connectivity index is 2.27. The maximum Gasteiger partial charge on any atom is 0.346 e. The SMILES string of the molecule is O=[N+]([O-])c1c2c(cc3nonc13)OCCCCO2. The summed E-state index contributed by atoms with van der Waals surface area (Å²) in [5, 5.41) is 18.3. The Hall–Kier alpha value is -2.38. The summed E-state index contributed by atoms with van der Waals surface area (Å²) in [6.45, 7) is 0.901. The third kappa shape index (κ3) is 1.62. The lowest BCUT2D eigenvalue weighted by Gasteiger charge is -2.15. The second-order valence-corrected chi connectivity index (χ2v) is 3.85. The highest BCUT2D eigenvalue weighted by Crippen LogP contribution is 2.42. The zero-order valence-corrected chi connectivity index (χ0v) is 9.29. The lowest BCUT2D eigenvalue weighted by molar-refractivity contribution is -0.384. The van der Waals surface area contributed by atoms with Crippen LogP contribution in [-0.4, -0.2) is 28.5 Å². The fourth-order valence-corrected chi connectivity index (χ4v) is 1.84. The fraction of sp³-hybridized carbons (Fsp3) is 0.400. The van der Waals surface area contributed by atoms with Gasteiger partial charge in [0.2, 0.25) is 11.3 Å². The second kappa shape index (κ2) is 4.13. The van der Waals surface area contributed by atoms with Crippen LogP contribution in [0.25, 0.3) is 11.0 Å². The van der Waals surface area contributed by atoms with Gasteiger partial charge < -0.3 is 9.47 Å². The van der Waals surface area contributed by atoms with Crippen LogP contribution in [0.5, 0.6) is 11.5 Å². The summed E-state index contributed by atoms with van der Waals surface area (Å²) in [6, 6.07) is 1.54. The van der Waals surface area contributed by atoms with Gasteiger partial charge in [0.1, 0.15) is 5.52 Å². The van der Waals surface area contributed by atoms with E-state index in [1.165, 1.54) is 0 Å². The molecule has 8 nitrogen and oxygen atoms in total. The first-order valence-electron chi connectivity index (χ1n) is 5.46.